The summed E-state index contributed by atoms with van der Waals surface area (Å²) < 4.78 is 44.1. The van der Waals surface area contributed by atoms with Gasteiger partial charge in [-0.05, 0) is 62.8 Å². The first-order valence-corrected chi connectivity index (χ1v) is 9.60. The highest BCUT2D eigenvalue weighted by atomic mass is 19.4. The zero-order valence-corrected chi connectivity index (χ0v) is 17.0. The predicted octanol–water partition coefficient (Wildman–Crippen LogP) is 3.90. The van der Waals surface area contributed by atoms with Crippen molar-refractivity contribution < 1.29 is 23.0 Å². The van der Waals surface area contributed by atoms with Gasteiger partial charge >= 0.3 is 6.18 Å². The van der Waals surface area contributed by atoms with Crippen molar-refractivity contribution in [3.05, 3.63) is 65.2 Å². The number of hydrogen-bond donors (Lipinski definition) is 2. The number of alkyl halides is 3. The van der Waals surface area contributed by atoms with Crippen LogP contribution in [0.3, 0.4) is 0 Å². The Kier molecular flexibility index (Phi) is 8.49. The number of nitrogens with one attached hydrogen (secondary N) is 1. The van der Waals surface area contributed by atoms with E-state index in [-0.39, 0.29) is 18.2 Å². The van der Waals surface area contributed by atoms with E-state index < -0.39 is 17.8 Å². The molecule has 0 fully saturated rings. The van der Waals surface area contributed by atoms with E-state index >= 15 is 0 Å². The number of ether oxygens (including phenoxy) is 1. The highest BCUT2D eigenvalue weighted by Gasteiger charge is 2.30. The van der Waals surface area contributed by atoms with E-state index in [1.54, 1.807) is 0 Å². The maximum absolute atomic E-state index is 12.8. The number of benzene rings is 2. The van der Waals surface area contributed by atoms with Crippen LogP contribution in [0.15, 0.2) is 48.5 Å². The van der Waals surface area contributed by atoms with E-state index in [0.29, 0.717) is 6.61 Å². The third kappa shape index (κ3) is 8.04. The van der Waals surface area contributed by atoms with Crippen molar-refractivity contribution in [3.8, 4) is 5.75 Å². The van der Waals surface area contributed by atoms with E-state index in [0.717, 1.165) is 36.4 Å². The first-order chi connectivity index (χ1) is 13.6. The van der Waals surface area contributed by atoms with Crippen LogP contribution >= 0.6 is 0 Å². The van der Waals surface area contributed by atoms with Gasteiger partial charge in [-0.25, -0.2) is 0 Å². The number of rotatable bonds is 10. The second-order valence-electron chi connectivity index (χ2n) is 7.45. The van der Waals surface area contributed by atoms with Crippen LogP contribution in [0, 0.1) is 0 Å². The molecule has 0 aliphatic carbocycles. The Morgan fingerprint density at radius 2 is 1.79 bits per heavy atom. The molecule has 0 radical (unpaired) electrons. The highest BCUT2D eigenvalue weighted by molar-refractivity contribution is 5.28. The van der Waals surface area contributed by atoms with E-state index in [9.17, 15) is 18.3 Å². The number of hydrogen-bond acceptors (Lipinski definition) is 4. The molecule has 0 aromatic heterocycles. The number of likely N-dealkylation sites (N-methyl/N-ethyl adjacent to an activating group) is 1. The van der Waals surface area contributed by atoms with E-state index in [4.69, 9.17) is 4.74 Å². The SMILES string of the molecule is CC(Cc1ccc(OCCN(C)C)cc1)NCC(O)c1cccc(C(F)(F)F)c1. The zero-order chi connectivity index (χ0) is 21.4. The van der Waals surface area contributed by atoms with Gasteiger partial charge in [0.2, 0.25) is 0 Å². The first-order valence-electron chi connectivity index (χ1n) is 9.60. The molecular formula is C22H29F3N2O2. The fraction of sp³-hybridized carbons (Fsp3) is 0.455. The Morgan fingerprint density at radius 1 is 1.10 bits per heavy atom. The second kappa shape index (κ2) is 10.6. The average molecular weight is 410 g/mol. The van der Waals surface area contributed by atoms with Crippen molar-refractivity contribution in [1.82, 2.24) is 10.2 Å². The van der Waals surface area contributed by atoms with Crippen LogP contribution in [-0.2, 0) is 12.6 Å². The van der Waals surface area contributed by atoms with Gasteiger partial charge in [0.1, 0.15) is 12.4 Å². The fourth-order valence-electron chi connectivity index (χ4n) is 2.85. The number of nitrogens with zero attached hydrogens (tertiary/aromatic N) is 1. The first kappa shape index (κ1) is 23.2. The molecule has 4 nitrogen and oxygen atoms in total. The quantitative estimate of drug-likeness (QED) is 0.624. The van der Waals surface area contributed by atoms with Crippen molar-refractivity contribution >= 4 is 0 Å². The molecule has 2 rings (SSSR count). The summed E-state index contributed by atoms with van der Waals surface area (Å²) in [6, 6.07) is 12.7. The summed E-state index contributed by atoms with van der Waals surface area (Å²) in [6.07, 6.45) is -4.70. The van der Waals surface area contributed by atoms with Crippen LogP contribution in [0.2, 0.25) is 0 Å². The average Bonchev–Trinajstić information content (AvgIpc) is 2.66. The molecule has 0 bridgehead atoms. The number of aliphatic hydroxyl groups is 1. The van der Waals surface area contributed by atoms with Gasteiger partial charge in [-0.15, -0.1) is 0 Å². The Bertz CT molecular complexity index is 748. The van der Waals surface area contributed by atoms with Crippen LogP contribution < -0.4 is 10.1 Å². The summed E-state index contributed by atoms with van der Waals surface area (Å²) in [6.45, 7) is 3.61. The van der Waals surface area contributed by atoms with Crippen LogP contribution in [0.1, 0.15) is 29.7 Å². The van der Waals surface area contributed by atoms with Gasteiger partial charge < -0.3 is 20.1 Å². The molecule has 29 heavy (non-hydrogen) atoms. The lowest BCUT2D eigenvalue weighted by atomic mass is 10.0. The smallest absolute Gasteiger partial charge is 0.416 e. The molecule has 0 heterocycles. The Labute approximate surface area is 170 Å². The summed E-state index contributed by atoms with van der Waals surface area (Å²) in [5.41, 5.74) is 0.604. The molecular weight excluding hydrogens is 381 g/mol. The molecule has 2 unspecified atom stereocenters. The highest BCUT2D eigenvalue weighted by Crippen LogP contribution is 2.30. The summed E-state index contributed by atoms with van der Waals surface area (Å²) in [5, 5.41) is 13.4. The summed E-state index contributed by atoms with van der Waals surface area (Å²) >= 11 is 0. The van der Waals surface area contributed by atoms with E-state index in [1.165, 1.54) is 12.1 Å². The monoisotopic (exact) mass is 410 g/mol. The summed E-state index contributed by atoms with van der Waals surface area (Å²) in [5.74, 6) is 0.816. The van der Waals surface area contributed by atoms with Gasteiger partial charge in [0.25, 0.3) is 0 Å². The summed E-state index contributed by atoms with van der Waals surface area (Å²) in [7, 11) is 3.98. The van der Waals surface area contributed by atoms with Gasteiger partial charge in [-0.2, -0.15) is 13.2 Å². The van der Waals surface area contributed by atoms with Gasteiger partial charge in [-0.3, -0.25) is 0 Å². The van der Waals surface area contributed by atoms with E-state index in [1.807, 2.05) is 45.3 Å². The van der Waals surface area contributed by atoms with Crippen molar-refractivity contribution in [3.63, 3.8) is 0 Å². The van der Waals surface area contributed by atoms with E-state index in [2.05, 4.69) is 10.2 Å². The minimum absolute atomic E-state index is 0.0518. The van der Waals surface area contributed by atoms with Gasteiger partial charge in [0.05, 0.1) is 11.7 Å². The number of aliphatic hydroxyl groups excluding tert-OH is 1. The molecule has 0 aliphatic heterocycles. The largest absolute Gasteiger partial charge is 0.492 e. The molecule has 0 saturated heterocycles. The van der Waals surface area contributed by atoms with Crippen LogP contribution in [0.25, 0.3) is 0 Å². The molecule has 0 saturated carbocycles. The molecule has 2 atom stereocenters. The Morgan fingerprint density at radius 3 is 2.41 bits per heavy atom. The minimum atomic E-state index is -4.42. The molecule has 160 valence electrons. The van der Waals surface area contributed by atoms with Crippen molar-refractivity contribution in [2.24, 2.45) is 0 Å². The summed E-state index contributed by atoms with van der Waals surface area (Å²) in [4.78, 5) is 2.05. The van der Waals surface area contributed by atoms with Gasteiger partial charge in [0.15, 0.2) is 0 Å². The normalized spacial score (nSPS) is 14.1. The zero-order valence-electron chi connectivity index (χ0n) is 17.0. The maximum atomic E-state index is 12.8. The predicted molar refractivity (Wildman–Crippen MR) is 108 cm³/mol. The lowest BCUT2D eigenvalue weighted by molar-refractivity contribution is -0.137. The van der Waals surface area contributed by atoms with Gasteiger partial charge in [0, 0.05) is 19.1 Å². The topological polar surface area (TPSA) is 44.7 Å². The maximum Gasteiger partial charge on any atom is 0.416 e. The molecule has 2 aromatic rings. The van der Waals surface area contributed by atoms with Crippen LogP contribution in [-0.4, -0.2) is 49.8 Å². The fourth-order valence-corrected chi connectivity index (χ4v) is 2.85. The Hall–Kier alpha value is -2.09. The molecule has 0 aliphatic rings. The third-order valence-corrected chi connectivity index (χ3v) is 4.53. The number of halogens is 3. The third-order valence-electron chi connectivity index (χ3n) is 4.53. The lowest BCUT2D eigenvalue weighted by Gasteiger charge is -2.18. The molecule has 0 amide bonds. The lowest BCUT2D eigenvalue weighted by Crippen LogP contribution is -2.32. The molecule has 0 spiro atoms. The molecule has 7 heteroatoms. The van der Waals surface area contributed by atoms with Crippen LogP contribution in [0.5, 0.6) is 5.75 Å². The molecule has 2 N–H and O–H groups in total. The standard InChI is InChI=1S/C22H29F3N2O2/c1-16(13-17-7-9-20(10-8-17)29-12-11-27(2)3)26-15-21(28)18-5-4-6-19(14-18)22(23,24)25/h4-10,14,16,21,26,28H,11-13,15H2,1-3H3. The van der Waals surface area contributed by atoms with Crippen LogP contribution in [0.4, 0.5) is 13.2 Å². The second-order valence-corrected chi connectivity index (χ2v) is 7.45. The minimum Gasteiger partial charge on any atom is -0.492 e. The van der Waals surface area contributed by atoms with Gasteiger partial charge in [-0.1, -0.05) is 24.3 Å². The Balaban J connectivity index is 1.81. The van der Waals surface area contributed by atoms with Crippen molar-refractivity contribution in [2.75, 3.05) is 33.8 Å². The van der Waals surface area contributed by atoms with Crippen molar-refractivity contribution in [1.29, 1.82) is 0 Å². The molecule has 2 aromatic carbocycles. The van der Waals surface area contributed by atoms with Crippen molar-refractivity contribution in [2.45, 2.75) is 31.7 Å².